The molecule has 3 N–H and O–H groups in total. The van der Waals surface area contributed by atoms with Crippen molar-refractivity contribution in [1.82, 2.24) is 25.8 Å². The van der Waals surface area contributed by atoms with Gasteiger partial charge in [-0.2, -0.15) is 5.10 Å². The van der Waals surface area contributed by atoms with E-state index in [0.717, 1.165) is 51.0 Å². The molecule has 1 unspecified atom stereocenters. The molecule has 150 valence electrons. The number of aromatic nitrogens is 3. The summed E-state index contributed by atoms with van der Waals surface area (Å²) in [6.45, 7) is 3.76. The summed E-state index contributed by atoms with van der Waals surface area (Å²) in [6.07, 6.45) is 4.50. The number of guanidine groups is 1. The molecule has 0 amide bonds. The maximum absolute atomic E-state index is 5.74. The summed E-state index contributed by atoms with van der Waals surface area (Å²) in [4.78, 5) is 8.62. The molecule has 0 saturated carbocycles. The number of rotatable bonds is 9. The van der Waals surface area contributed by atoms with Crippen LogP contribution >= 0.6 is 24.0 Å². The van der Waals surface area contributed by atoms with Gasteiger partial charge in [0.05, 0.1) is 19.0 Å². The Hall–Kier alpha value is -1.66. The summed E-state index contributed by atoms with van der Waals surface area (Å²) in [5.41, 5.74) is 0. The number of nitrogens with zero attached hydrogens (tertiary/aromatic N) is 3. The zero-order valence-corrected chi connectivity index (χ0v) is 17.8. The van der Waals surface area contributed by atoms with Crippen LogP contribution in [0.25, 0.3) is 11.6 Å². The monoisotopic (exact) mass is 490 g/mol. The molecular weight excluding hydrogens is 463 g/mol. The van der Waals surface area contributed by atoms with Gasteiger partial charge in [-0.05, 0) is 25.0 Å². The Morgan fingerprint density at radius 3 is 3.04 bits per heavy atom. The lowest BCUT2D eigenvalue weighted by Gasteiger charge is -2.12. The molecule has 0 bridgehead atoms. The average molecular weight is 490 g/mol. The number of H-pyrrole nitrogens is 1. The summed E-state index contributed by atoms with van der Waals surface area (Å²) < 4.78 is 16.3. The predicted molar refractivity (Wildman–Crippen MR) is 112 cm³/mol. The average Bonchev–Trinajstić information content (AvgIpc) is 3.41. The van der Waals surface area contributed by atoms with Gasteiger partial charge in [-0.25, -0.2) is 4.98 Å². The Balaban J connectivity index is 0.00000261. The minimum absolute atomic E-state index is 0. The van der Waals surface area contributed by atoms with Gasteiger partial charge in [0, 0.05) is 39.8 Å². The number of halogens is 1. The number of nitrogens with one attached hydrogen (secondary N) is 3. The van der Waals surface area contributed by atoms with Gasteiger partial charge in [0.1, 0.15) is 5.82 Å². The number of hydrogen-bond donors (Lipinski definition) is 3. The van der Waals surface area contributed by atoms with E-state index in [1.165, 1.54) is 0 Å². The SMILES string of the molecule is CN=C(NCCCOC1CCOC1)NCCc1nc(-c2ccco2)n[nH]1.I. The zero-order chi connectivity index (χ0) is 18.0. The maximum atomic E-state index is 5.74. The fraction of sp³-hybridized carbons (Fsp3) is 0.588. The summed E-state index contributed by atoms with van der Waals surface area (Å²) >= 11 is 0. The molecule has 3 heterocycles. The molecule has 2 aromatic rings. The van der Waals surface area contributed by atoms with Crippen molar-refractivity contribution in [3.05, 3.63) is 24.2 Å². The van der Waals surface area contributed by atoms with Crippen molar-refractivity contribution in [2.45, 2.75) is 25.4 Å². The summed E-state index contributed by atoms with van der Waals surface area (Å²) in [6, 6.07) is 3.65. The van der Waals surface area contributed by atoms with E-state index < -0.39 is 0 Å². The predicted octanol–water partition coefficient (Wildman–Crippen LogP) is 1.59. The van der Waals surface area contributed by atoms with Crippen molar-refractivity contribution in [3.8, 4) is 11.6 Å². The van der Waals surface area contributed by atoms with Crippen LogP contribution in [0.5, 0.6) is 0 Å². The fourth-order valence-electron chi connectivity index (χ4n) is 2.62. The van der Waals surface area contributed by atoms with E-state index >= 15 is 0 Å². The van der Waals surface area contributed by atoms with Crippen LogP contribution in [0.4, 0.5) is 0 Å². The molecule has 27 heavy (non-hydrogen) atoms. The smallest absolute Gasteiger partial charge is 0.216 e. The standard InChI is InChI=1S/C17H26N6O3.HI/c1-18-17(19-7-3-10-25-13-6-11-24-12-13)20-8-5-15-21-16(23-22-15)14-4-2-9-26-14;/h2,4,9,13H,3,5-8,10-12H2,1H3,(H2,18,19,20)(H,21,22,23);1H. The summed E-state index contributed by atoms with van der Waals surface area (Å²) in [7, 11) is 1.76. The fourth-order valence-corrected chi connectivity index (χ4v) is 2.62. The first-order chi connectivity index (χ1) is 12.8. The highest BCUT2D eigenvalue weighted by atomic mass is 127. The molecule has 10 heteroatoms. The van der Waals surface area contributed by atoms with Gasteiger partial charge in [-0.1, -0.05) is 0 Å². The van der Waals surface area contributed by atoms with Crippen LogP contribution < -0.4 is 10.6 Å². The first kappa shape index (κ1) is 21.6. The molecule has 1 fully saturated rings. The van der Waals surface area contributed by atoms with Gasteiger partial charge in [0.15, 0.2) is 11.7 Å². The number of ether oxygens (including phenoxy) is 2. The van der Waals surface area contributed by atoms with E-state index in [2.05, 4.69) is 30.8 Å². The second-order valence-corrected chi connectivity index (χ2v) is 5.97. The van der Waals surface area contributed by atoms with Crippen LogP contribution in [0.1, 0.15) is 18.7 Å². The zero-order valence-electron chi connectivity index (χ0n) is 15.4. The highest BCUT2D eigenvalue weighted by molar-refractivity contribution is 14.0. The van der Waals surface area contributed by atoms with E-state index in [0.29, 0.717) is 24.6 Å². The first-order valence-electron chi connectivity index (χ1n) is 8.94. The van der Waals surface area contributed by atoms with E-state index in [4.69, 9.17) is 13.9 Å². The summed E-state index contributed by atoms with van der Waals surface area (Å²) in [5, 5.41) is 13.6. The van der Waals surface area contributed by atoms with Crippen LogP contribution in [-0.2, 0) is 15.9 Å². The van der Waals surface area contributed by atoms with Crippen molar-refractivity contribution < 1.29 is 13.9 Å². The van der Waals surface area contributed by atoms with Gasteiger partial charge in [0.25, 0.3) is 0 Å². The van der Waals surface area contributed by atoms with Crippen molar-refractivity contribution in [2.75, 3.05) is 40.0 Å². The van der Waals surface area contributed by atoms with Crippen LogP contribution in [0.3, 0.4) is 0 Å². The number of hydrogen-bond acceptors (Lipinski definition) is 6. The lowest BCUT2D eigenvalue weighted by Crippen LogP contribution is -2.39. The molecule has 1 aliphatic heterocycles. The topological polar surface area (TPSA) is 110 Å². The van der Waals surface area contributed by atoms with Gasteiger partial charge in [-0.3, -0.25) is 10.1 Å². The van der Waals surface area contributed by atoms with E-state index in [9.17, 15) is 0 Å². The van der Waals surface area contributed by atoms with Crippen LogP contribution in [0, 0.1) is 0 Å². The Kier molecular flexibility index (Phi) is 9.56. The molecular formula is C17H27IN6O3. The minimum Gasteiger partial charge on any atom is -0.461 e. The first-order valence-corrected chi connectivity index (χ1v) is 8.94. The molecule has 1 atom stereocenters. The molecule has 0 aromatic carbocycles. The highest BCUT2D eigenvalue weighted by Gasteiger charge is 2.15. The van der Waals surface area contributed by atoms with Crippen LogP contribution in [0.2, 0.25) is 0 Å². The van der Waals surface area contributed by atoms with Crippen molar-refractivity contribution >= 4 is 29.9 Å². The van der Waals surface area contributed by atoms with Gasteiger partial charge in [0.2, 0.25) is 5.82 Å². The molecule has 9 nitrogen and oxygen atoms in total. The maximum Gasteiger partial charge on any atom is 0.216 e. The highest BCUT2D eigenvalue weighted by Crippen LogP contribution is 2.14. The molecule has 3 rings (SSSR count). The largest absolute Gasteiger partial charge is 0.461 e. The Morgan fingerprint density at radius 2 is 2.30 bits per heavy atom. The molecule has 1 saturated heterocycles. The van der Waals surface area contributed by atoms with Crippen LogP contribution in [-0.4, -0.2) is 67.2 Å². The van der Waals surface area contributed by atoms with Gasteiger partial charge in [-0.15, -0.1) is 24.0 Å². The second kappa shape index (κ2) is 11.9. The number of aliphatic imine (C=N–C) groups is 1. The third-order valence-electron chi connectivity index (χ3n) is 4.01. The molecule has 1 aliphatic rings. The molecule has 0 radical (unpaired) electrons. The second-order valence-electron chi connectivity index (χ2n) is 5.97. The lowest BCUT2D eigenvalue weighted by atomic mass is 10.3. The van der Waals surface area contributed by atoms with Crippen molar-refractivity contribution in [2.24, 2.45) is 4.99 Å². The van der Waals surface area contributed by atoms with E-state index in [-0.39, 0.29) is 30.1 Å². The quantitative estimate of drug-likeness (QED) is 0.212. The van der Waals surface area contributed by atoms with Crippen molar-refractivity contribution in [3.63, 3.8) is 0 Å². The van der Waals surface area contributed by atoms with Crippen molar-refractivity contribution in [1.29, 1.82) is 0 Å². The third kappa shape index (κ3) is 7.11. The number of furan rings is 1. The van der Waals surface area contributed by atoms with E-state index in [1.807, 2.05) is 12.1 Å². The summed E-state index contributed by atoms with van der Waals surface area (Å²) in [5.74, 6) is 2.79. The van der Waals surface area contributed by atoms with E-state index in [1.54, 1.807) is 13.3 Å². The molecule has 2 aromatic heterocycles. The molecule has 0 spiro atoms. The number of aromatic amines is 1. The van der Waals surface area contributed by atoms with Crippen LogP contribution in [0.15, 0.2) is 27.8 Å². The minimum atomic E-state index is 0. The normalized spacial score (nSPS) is 16.9. The Bertz CT molecular complexity index is 670. The van der Waals surface area contributed by atoms with Gasteiger partial charge >= 0.3 is 0 Å². The van der Waals surface area contributed by atoms with Gasteiger partial charge < -0.3 is 24.5 Å². The third-order valence-corrected chi connectivity index (χ3v) is 4.01. The lowest BCUT2D eigenvalue weighted by molar-refractivity contribution is 0.0420. The Morgan fingerprint density at radius 1 is 1.41 bits per heavy atom. The molecule has 0 aliphatic carbocycles. The Labute approximate surface area is 175 Å².